The molecule has 3 fully saturated rings. The summed E-state index contributed by atoms with van der Waals surface area (Å²) in [5.41, 5.74) is 1.47. The van der Waals surface area contributed by atoms with Gasteiger partial charge in [0.05, 0.1) is 11.8 Å². The van der Waals surface area contributed by atoms with E-state index in [1.807, 2.05) is 6.92 Å². The van der Waals surface area contributed by atoms with E-state index < -0.39 is 19.1 Å². The first-order valence-corrected chi connectivity index (χ1v) is 11.0. The van der Waals surface area contributed by atoms with Crippen LogP contribution in [-0.4, -0.2) is 51.3 Å². The van der Waals surface area contributed by atoms with Crippen LogP contribution in [0.25, 0.3) is 0 Å². The van der Waals surface area contributed by atoms with Gasteiger partial charge in [0.15, 0.2) is 12.4 Å². The van der Waals surface area contributed by atoms with E-state index in [1.54, 1.807) is 24.3 Å². The first kappa shape index (κ1) is 19.8. The zero-order valence-electron chi connectivity index (χ0n) is 15.1. The molecule has 0 spiro atoms. The number of benzene rings is 1. The number of aryl methyl sites for hydroxylation is 1. The van der Waals surface area contributed by atoms with E-state index in [0.717, 1.165) is 16.9 Å². The molecule has 1 heterocycles. The minimum Gasteiger partial charge on any atom is -0.456 e. The van der Waals surface area contributed by atoms with E-state index in [4.69, 9.17) is 4.74 Å². The van der Waals surface area contributed by atoms with Gasteiger partial charge in [-0.1, -0.05) is 61.7 Å². The molecule has 6 atom stereocenters. The van der Waals surface area contributed by atoms with Crippen LogP contribution in [0.4, 0.5) is 0 Å². The minimum absolute atomic E-state index is 0.0972. The van der Waals surface area contributed by atoms with Crippen molar-refractivity contribution in [3.63, 3.8) is 0 Å². The second-order valence-corrected chi connectivity index (χ2v) is 9.83. The average Bonchev–Trinajstić information content (AvgIpc) is 3.27. The van der Waals surface area contributed by atoms with Gasteiger partial charge in [-0.25, -0.2) is 0 Å². The molecule has 1 aromatic carbocycles. The first-order chi connectivity index (χ1) is 13.3. The Kier molecular flexibility index (Phi) is 5.20. The number of nitrogens with zero attached hydrogens (tertiary/aromatic N) is 1. The standard InChI is InChI=1S/C20H19Br2NO5/c1-9-2-4-10(5-3-9)13(24)8-28-14(25)7-23-19(26)15-11-6-12(16(15)20(23)27)18(22)17(11)21/h2-5,11-12,15-18H,6-8H2,1H3/t11-,12-,15-,16-,17+,18+/m1/s1. The molecule has 0 aromatic heterocycles. The number of halogens is 2. The molecule has 2 amide bonds. The van der Waals surface area contributed by atoms with E-state index in [-0.39, 0.29) is 50.9 Å². The van der Waals surface area contributed by atoms with E-state index >= 15 is 0 Å². The van der Waals surface area contributed by atoms with Gasteiger partial charge in [0, 0.05) is 15.2 Å². The molecule has 148 valence electrons. The summed E-state index contributed by atoms with van der Waals surface area (Å²) in [5.74, 6) is -2.21. The van der Waals surface area contributed by atoms with E-state index in [9.17, 15) is 19.2 Å². The van der Waals surface area contributed by atoms with Crippen LogP contribution in [0.1, 0.15) is 22.3 Å². The fourth-order valence-electron chi connectivity index (χ4n) is 4.71. The van der Waals surface area contributed by atoms with Crippen molar-refractivity contribution in [3.05, 3.63) is 35.4 Å². The number of Topliss-reactive ketones (excluding diaryl/α,β-unsaturated/α-hetero) is 1. The molecule has 6 nitrogen and oxygen atoms in total. The summed E-state index contributed by atoms with van der Waals surface area (Å²) >= 11 is 7.25. The Bertz CT molecular complexity index is 823. The van der Waals surface area contributed by atoms with Crippen LogP contribution in [0.15, 0.2) is 24.3 Å². The third-order valence-electron chi connectivity index (χ3n) is 6.10. The van der Waals surface area contributed by atoms with Crippen LogP contribution >= 0.6 is 31.9 Å². The second-order valence-electron chi connectivity index (χ2n) is 7.72. The molecule has 2 aliphatic carbocycles. The number of alkyl halides is 2. The van der Waals surface area contributed by atoms with Crippen LogP contribution in [0.5, 0.6) is 0 Å². The molecule has 28 heavy (non-hydrogen) atoms. The van der Waals surface area contributed by atoms with Crippen molar-refractivity contribution in [1.82, 2.24) is 4.90 Å². The molecule has 1 saturated heterocycles. The third-order valence-corrected chi connectivity index (χ3v) is 9.31. The highest BCUT2D eigenvalue weighted by molar-refractivity contribution is 9.12. The largest absolute Gasteiger partial charge is 0.456 e. The zero-order valence-corrected chi connectivity index (χ0v) is 18.3. The molecule has 8 heteroatoms. The molecule has 3 aliphatic rings. The van der Waals surface area contributed by atoms with Crippen LogP contribution in [0.3, 0.4) is 0 Å². The topological polar surface area (TPSA) is 80.8 Å². The summed E-state index contributed by atoms with van der Waals surface area (Å²) < 4.78 is 5.03. The number of ketones is 1. The fraction of sp³-hybridized carbons (Fsp3) is 0.500. The Morgan fingerprint density at radius 2 is 1.57 bits per heavy atom. The van der Waals surface area contributed by atoms with Gasteiger partial charge >= 0.3 is 5.97 Å². The minimum atomic E-state index is -0.750. The summed E-state index contributed by atoms with van der Waals surface area (Å²) in [6, 6.07) is 6.95. The van der Waals surface area contributed by atoms with Crippen LogP contribution in [0, 0.1) is 30.6 Å². The molecule has 4 rings (SSSR count). The average molecular weight is 513 g/mol. The maximum Gasteiger partial charge on any atom is 0.326 e. The Labute approximate surface area is 179 Å². The van der Waals surface area contributed by atoms with Gasteiger partial charge in [-0.15, -0.1) is 0 Å². The Morgan fingerprint density at radius 3 is 2.11 bits per heavy atom. The monoisotopic (exact) mass is 511 g/mol. The van der Waals surface area contributed by atoms with Gasteiger partial charge in [-0.3, -0.25) is 24.1 Å². The molecule has 2 bridgehead atoms. The fourth-order valence-corrected chi connectivity index (χ4v) is 6.58. The maximum atomic E-state index is 12.8. The van der Waals surface area contributed by atoms with Crippen molar-refractivity contribution in [2.24, 2.45) is 23.7 Å². The lowest BCUT2D eigenvalue weighted by atomic mass is 9.81. The molecule has 2 saturated carbocycles. The summed E-state index contributed by atoms with van der Waals surface area (Å²) in [7, 11) is 0. The molecule has 0 unspecified atom stereocenters. The lowest BCUT2D eigenvalue weighted by molar-refractivity contribution is -0.152. The number of likely N-dealkylation sites (tertiary alicyclic amines) is 1. The number of hydrogen-bond acceptors (Lipinski definition) is 5. The predicted octanol–water partition coefficient (Wildman–Crippen LogP) is 2.50. The van der Waals surface area contributed by atoms with E-state index in [1.165, 1.54) is 0 Å². The van der Waals surface area contributed by atoms with Crippen LogP contribution in [-0.2, 0) is 19.1 Å². The van der Waals surface area contributed by atoms with Crippen molar-refractivity contribution >= 4 is 55.4 Å². The van der Waals surface area contributed by atoms with E-state index in [2.05, 4.69) is 31.9 Å². The smallest absolute Gasteiger partial charge is 0.326 e. The number of fused-ring (bicyclic) bond motifs is 5. The second kappa shape index (κ2) is 7.37. The number of hydrogen-bond donors (Lipinski definition) is 0. The highest BCUT2D eigenvalue weighted by Gasteiger charge is 2.66. The SMILES string of the molecule is Cc1ccc(C(=O)COC(=O)CN2C(=O)[C@@H]3[C@H]4C[C@@H]([C@H](Br)[C@H]4Br)[C@H]3C2=O)cc1. The molecule has 1 aromatic rings. The number of amides is 2. The van der Waals surface area contributed by atoms with Gasteiger partial charge in [0.2, 0.25) is 11.8 Å². The zero-order chi connectivity index (χ0) is 20.2. The Balaban J connectivity index is 1.36. The Morgan fingerprint density at radius 1 is 1.04 bits per heavy atom. The maximum absolute atomic E-state index is 12.8. The number of ether oxygens (including phenoxy) is 1. The van der Waals surface area contributed by atoms with Crippen molar-refractivity contribution in [1.29, 1.82) is 0 Å². The van der Waals surface area contributed by atoms with Crippen LogP contribution in [0.2, 0.25) is 0 Å². The number of imide groups is 1. The molecule has 1 aliphatic heterocycles. The molecule has 0 N–H and O–H groups in total. The van der Waals surface area contributed by atoms with Crippen LogP contribution < -0.4 is 0 Å². The highest BCUT2D eigenvalue weighted by Crippen LogP contribution is 2.60. The Hall–Kier alpha value is -1.54. The summed E-state index contributed by atoms with van der Waals surface area (Å²) in [6.07, 6.45) is 0.835. The van der Waals surface area contributed by atoms with Crippen molar-refractivity contribution in [3.8, 4) is 0 Å². The van der Waals surface area contributed by atoms with Crippen molar-refractivity contribution < 1.29 is 23.9 Å². The molecular formula is C20H19Br2NO5. The summed E-state index contributed by atoms with van der Waals surface area (Å²) in [5, 5.41) is 0. The lowest BCUT2D eigenvalue weighted by Crippen LogP contribution is -2.38. The summed E-state index contributed by atoms with van der Waals surface area (Å²) in [4.78, 5) is 51.1. The van der Waals surface area contributed by atoms with Gasteiger partial charge in [0.1, 0.15) is 6.54 Å². The van der Waals surface area contributed by atoms with Gasteiger partial charge in [-0.2, -0.15) is 0 Å². The molecule has 0 radical (unpaired) electrons. The number of carbonyl (C=O) groups excluding carboxylic acids is 4. The number of esters is 1. The van der Waals surface area contributed by atoms with Crippen molar-refractivity contribution in [2.45, 2.75) is 23.0 Å². The van der Waals surface area contributed by atoms with Gasteiger partial charge in [-0.05, 0) is 25.2 Å². The van der Waals surface area contributed by atoms with Gasteiger partial charge < -0.3 is 4.74 Å². The molecular weight excluding hydrogens is 494 g/mol. The first-order valence-electron chi connectivity index (χ1n) is 9.18. The van der Waals surface area contributed by atoms with E-state index in [0.29, 0.717) is 5.56 Å². The number of carbonyl (C=O) groups is 4. The third kappa shape index (κ3) is 3.14. The highest BCUT2D eigenvalue weighted by atomic mass is 79.9. The summed E-state index contributed by atoms with van der Waals surface area (Å²) in [6.45, 7) is 1.06. The number of rotatable bonds is 5. The predicted molar refractivity (Wildman–Crippen MR) is 107 cm³/mol. The van der Waals surface area contributed by atoms with Gasteiger partial charge in [0.25, 0.3) is 0 Å². The quantitative estimate of drug-likeness (QED) is 0.262. The van der Waals surface area contributed by atoms with Crippen molar-refractivity contribution in [2.75, 3.05) is 13.2 Å². The lowest BCUT2D eigenvalue weighted by Gasteiger charge is -2.28. The normalized spacial score (nSPS) is 33.3.